The lowest BCUT2D eigenvalue weighted by molar-refractivity contribution is 0.668. The fourth-order valence-corrected chi connectivity index (χ4v) is 5.52. The summed E-state index contributed by atoms with van der Waals surface area (Å²) >= 11 is 3.58. The van der Waals surface area contributed by atoms with Crippen molar-refractivity contribution in [1.82, 2.24) is 15.0 Å². The molecule has 0 aliphatic rings. The third kappa shape index (κ3) is 3.72. The van der Waals surface area contributed by atoms with Gasteiger partial charge in [-0.15, -0.1) is 0 Å². The van der Waals surface area contributed by atoms with E-state index >= 15 is 0 Å². The molecule has 0 saturated carbocycles. The van der Waals surface area contributed by atoms with Gasteiger partial charge in [-0.25, -0.2) is 15.0 Å². The van der Waals surface area contributed by atoms with Gasteiger partial charge in [0.2, 0.25) is 0 Å². The van der Waals surface area contributed by atoms with Crippen molar-refractivity contribution in [1.29, 1.82) is 0 Å². The van der Waals surface area contributed by atoms with E-state index in [0.717, 1.165) is 65.0 Å². The summed E-state index contributed by atoms with van der Waals surface area (Å²) in [7, 11) is 0. The van der Waals surface area contributed by atoms with Gasteiger partial charge in [0.15, 0.2) is 17.5 Å². The number of hydrogen-bond donors (Lipinski definition) is 0. The Bertz CT molecular complexity index is 2080. The zero-order valence-corrected chi connectivity index (χ0v) is 22.0. The average molecular weight is 568 g/mol. The van der Waals surface area contributed by atoms with E-state index in [-0.39, 0.29) is 0 Å². The normalized spacial score (nSPS) is 11.7. The lowest BCUT2D eigenvalue weighted by atomic mass is 10.1. The Hall–Kier alpha value is -4.81. The second-order valence-electron chi connectivity index (χ2n) is 9.43. The Morgan fingerprint density at radius 2 is 0.872 bits per heavy atom. The third-order valence-corrected chi connectivity index (χ3v) is 7.49. The largest absolute Gasteiger partial charge is 0.456 e. The molecular formula is C33H18BrN3O2. The SMILES string of the molecule is Brc1cccc(-c2nc(-c3ccc4c(c3)oc3ccccc34)nc(-c3ccc4c(c3)oc3ccccc34)n2)c1. The van der Waals surface area contributed by atoms with Crippen LogP contribution in [-0.2, 0) is 0 Å². The molecule has 5 nitrogen and oxygen atoms in total. The van der Waals surface area contributed by atoms with Gasteiger partial charge in [-0.2, -0.15) is 0 Å². The zero-order valence-electron chi connectivity index (χ0n) is 20.4. The number of benzene rings is 5. The van der Waals surface area contributed by atoms with E-state index in [2.05, 4.69) is 40.2 Å². The maximum absolute atomic E-state index is 6.15. The molecule has 0 spiro atoms. The van der Waals surface area contributed by atoms with E-state index in [0.29, 0.717) is 17.5 Å². The molecule has 3 heterocycles. The van der Waals surface area contributed by atoms with Crippen molar-refractivity contribution in [2.24, 2.45) is 0 Å². The molecule has 0 radical (unpaired) electrons. The van der Waals surface area contributed by atoms with Gasteiger partial charge >= 0.3 is 0 Å². The molecule has 3 aromatic heterocycles. The fraction of sp³-hybridized carbons (Fsp3) is 0. The van der Waals surface area contributed by atoms with Crippen LogP contribution in [0.1, 0.15) is 0 Å². The summed E-state index contributed by atoms with van der Waals surface area (Å²) in [6.45, 7) is 0. The summed E-state index contributed by atoms with van der Waals surface area (Å²) in [6, 6.07) is 36.3. The fourth-order valence-electron chi connectivity index (χ4n) is 5.12. The van der Waals surface area contributed by atoms with Gasteiger partial charge < -0.3 is 8.83 Å². The molecule has 0 unspecified atom stereocenters. The van der Waals surface area contributed by atoms with Crippen LogP contribution in [-0.4, -0.2) is 15.0 Å². The standard InChI is InChI=1S/C33H18BrN3O2/c34-22-7-5-6-19(16-22)31-35-32(20-12-14-25-23-8-1-3-10-27(23)38-29(25)17-20)37-33(36-31)21-13-15-26-24-9-2-4-11-28(24)39-30(26)18-21/h1-18H. The minimum atomic E-state index is 0.571. The van der Waals surface area contributed by atoms with Crippen LogP contribution in [0.4, 0.5) is 0 Å². The van der Waals surface area contributed by atoms with Gasteiger partial charge in [0.05, 0.1) is 0 Å². The van der Waals surface area contributed by atoms with Gasteiger partial charge in [0.25, 0.3) is 0 Å². The van der Waals surface area contributed by atoms with E-state index in [1.165, 1.54) is 0 Å². The first kappa shape index (κ1) is 22.2. The summed E-state index contributed by atoms with van der Waals surface area (Å²) < 4.78 is 13.2. The lowest BCUT2D eigenvalue weighted by Gasteiger charge is -2.09. The summed E-state index contributed by atoms with van der Waals surface area (Å²) in [4.78, 5) is 14.7. The topological polar surface area (TPSA) is 65.0 Å². The van der Waals surface area contributed by atoms with Crippen LogP contribution < -0.4 is 0 Å². The highest BCUT2D eigenvalue weighted by Crippen LogP contribution is 2.34. The van der Waals surface area contributed by atoms with Crippen LogP contribution in [0.3, 0.4) is 0 Å². The Labute approximate surface area is 230 Å². The number of furan rings is 2. The lowest BCUT2D eigenvalue weighted by Crippen LogP contribution is -2.00. The molecule has 0 saturated heterocycles. The number of rotatable bonds is 3. The predicted molar refractivity (Wildman–Crippen MR) is 158 cm³/mol. The van der Waals surface area contributed by atoms with Crippen LogP contribution in [0.5, 0.6) is 0 Å². The Balaban J connectivity index is 1.33. The van der Waals surface area contributed by atoms with Crippen molar-refractivity contribution in [3.05, 3.63) is 114 Å². The van der Waals surface area contributed by atoms with Crippen LogP contribution >= 0.6 is 15.9 Å². The second-order valence-corrected chi connectivity index (χ2v) is 10.4. The van der Waals surface area contributed by atoms with E-state index in [4.69, 9.17) is 23.8 Å². The highest BCUT2D eigenvalue weighted by molar-refractivity contribution is 9.10. The first-order chi connectivity index (χ1) is 19.2. The molecule has 0 fully saturated rings. The number of halogens is 1. The number of hydrogen-bond acceptors (Lipinski definition) is 5. The minimum Gasteiger partial charge on any atom is -0.456 e. The van der Waals surface area contributed by atoms with Crippen LogP contribution in [0.15, 0.2) is 123 Å². The van der Waals surface area contributed by atoms with Gasteiger partial charge in [-0.3, -0.25) is 0 Å². The zero-order chi connectivity index (χ0) is 25.9. The molecule has 5 aromatic carbocycles. The van der Waals surface area contributed by atoms with E-state index < -0.39 is 0 Å². The van der Waals surface area contributed by atoms with E-state index in [1.54, 1.807) is 0 Å². The number of nitrogens with zero attached hydrogens (tertiary/aromatic N) is 3. The number of para-hydroxylation sites is 2. The van der Waals surface area contributed by atoms with Crippen LogP contribution in [0.25, 0.3) is 78.0 Å². The molecule has 0 aliphatic heterocycles. The van der Waals surface area contributed by atoms with Crippen molar-refractivity contribution in [3.8, 4) is 34.2 Å². The van der Waals surface area contributed by atoms with Gasteiger partial charge in [-0.1, -0.05) is 76.6 Å². The van der Waals surface area contributed by atoms with E-state index in [1.807, 2.05) is 84.9 Å². The number of fused-ring (bicyclic) bond motifs is 6. The average Bonchev–Trinajstić information content (AvgIpc) is 3.54. The van der Waals surface area contributed by atoms with Crippen molar-refractivity contribution in [2.45, 2.75) is 0 Å². The summed E-state index contributed by atoms with van der Waals surface area (Å²) in [5.74, 6) is 1.73. The quantitative estimate of drug-likeness (QED) is 0.212. The van der Waals surface area contributed by atoms with Crippen molar-refractivity contribution in [2.75, 3.05) is 0 Å². The molecule has 6 heteroatoms. The maximum Gasteiger partial charge on any atom is 0.164 e. The molecule has 8 aromatic rings. The molecule has 0 aliphatic carbocycles. The maximum atomic E-state index is 6.15. The smallest absolute Gasteiger partial charge is 0.164 e. The first-order valence-electron chi connectivity index (χ1n) is 12.5. The summed E-state index contributed by atoms with van der Waals surface area (Å²) in [5, 5.41) is 4.30. The van der Waals surface area contributed by atoms with Gasteiger partial charge in [0.1, 0.15) is 22.3 Å². The molecule has 184 valence electrons. The van der Waals surface area contributed by atoms with Crippen molar-refractivity contribution >= 4 is 59.8 Å². The minimum absolute atomic E-state index is 0.571. The van der Waals surface area contributed by atoms with Gasteiger partial charge in [0, 0.05) is 42.7 Å². The van der Waals surface area contributed by atoms with Gasteiger partial charge in [-0.05, 0) is 48.5 Å². The summed E-state index contributed by atoms with van der Waals surface area (Å²) in [5.41, 5.74) is 5.90. The summed E-state index contributed by atoms with van der Waals surface area (Å²) in [6.07, 6.45) is 0. The Kier molecular flexibility index (Phi) is 4.90. The third-order valence-electron chi connectivity index (χ3n) is 6.99. The molecule has 39 heavy (non-hydrogen) atoms. The predicted octanol–water partition coefficient (Wildman–Crippen LogP) is 9.43. The van der Waals surface area contributed by atoms with Crippen molar-refractivity contribution in [3.63, 3.8) is 0 Å². The highest BCUT2D eigenvalue weighted by atomic mass is 79.9. The monoisotopic (exact) mass is 567 g/mol. The highest BCUT2D eigenvalue weighted by Gasteiger charge is 2.16. The molecule has 0 atom stereocenters. The number of aromatic nitrogens is 3. The van der Waals surface area contributed by atoms with E-state index in [9.17, 15) is 0 Å². The molecular weight excluding hydrogens is 550 g/mol. The molecule has 0 amide bonds. The second kappa shape index (κ2) is 8.61. The molecule has 0 N–H and O–H groups in total. The first-order valence-corrected chi connectivity index (χ1v) is 13.3. The molecule has 8 rings (SSSR count). The Morgan fingerprint density at radius 3 is 1.38 bits per heavy atom. The van der Waals surface area contributed by atoms with Crippen LogP contribution in [0.2, 0.25) is 0 Å². The van der Waals surface area contributed by atoms with Crippen LogP contribution in [0, 0.1) is 0 Å². The molecule has 0 bridgehead atoms. The van der Waals surface area contributed by atoms with Crippen molar-refractivity contribution < 1.29 is 8.83 Å². The Morgan fingerprint density at radius 1 is 0.410 bits per heavy atom.